The molecule has 1 atom stereocenters. The molecule has 0 aliphatic carbocycles. The fourth-order valence-corrected chi connectivity index (χ4v) is 4.63. The monoisotopic (exact) mass is 506 g/mol. The largest absolute Gasteiger partial charge is 0.507 e. The molecule has 1 aliphatic heterocycles. The molecule has 2 heterocycles. The van der Waals surface area contributed by atoms with E-state index in [1.165, 1.54) is 4.90 Å². The van der Waals surface area contributed by atoms with Crippen LogP contribution < -0.4 is 9.47 Å². The lowest BCUT2D eigenvalue weighted by Gasteiger charge is -2.25. The highest BCUT2D eigenvalue weighted by molar-refractivity contribution is 6.46. The summed E-state index contributed by atoms with van der Waals surface area (Å²) < 4.78 is 11.3. The molecule has 1 amide bonds. The summed E-state index contributed by atoms with van der Waals surface area (Å²) in [6, 6.07) is 24.4. The van der Waals surface area contributed by atoms with Crippen molar-refractivity contribution in [3.63, 3.8) is 0 Å². The Bertz CT molecular complexity index is 1520. The number of ketones is 1. The van der Waals surface area contributed by atoms with Crippen LogP contribution in [0.3, 0.4) is 0 Å². The predicted molar refractivity (Wildman–Crippen MR) is 143 cm³/mol. The van der Waals surface area contributed by atoms with Crippen molar-refractivity contribution in [2.75, 3.05) is 7.11 Å². The Balaban J connectivity index is 1.62. The molecule has 1 N–H and O–H groups in total. The first kappa shape index (κ1) is 24.8. The number of benzene rings is 3. The highest BCUT2D eigenvalue weighted by Crippen LogP contribution is 2.41. The van der Waals surface area contributed by atoms with E-state index < -0.39 is 17.7 Å². The number of Topliss-reactive ketones (excluding diaryl/α,β-unsaturated/α-hetero) is 1. The number of nitrogens with zero attached hydrogens (tertiary/aromatic N) is 2. The number of aryl methyl sites for hydroxylation is 1. The minimum absolute atomic E-state index is 0.0142. The van der Waals surface area contributed by atoms with Crippen LogP contribution in [0.1, 0.15) is 28.3 Å². The maximum absolute atomic E-state index is 13.4. The molecule has 1 aromatic heterocycles. The van der Waals surface area contributed by atoms with E-state index in [1.54, 1.807) is 62.0 Å². The average molecular weight is 507 g/mol. The summed E-state index contributed by atoms with van der Waals surface area (Å²) in [5.74, 6) is 0.158. The molecule has 4 aromatic rings. The molecule has 0 saturated carbocycles. The standard InChI is InChI=1S/C31H26N2O5/c1-20-16-23(13-14-26(20)37-2)29(34)27-28(33(31(36)30(27)35)19-21-8-7-15-32-18-21)22-9-6-12-25(17-22)38-24-10-4-3-5-11-24/h3-18,28,34H,19H2,1-2H3/b29-27-. The first-order chi connectivity index (χ1) is 18.5. The van der Waals surface area contributed by atoms with Crippen LogP contribution in [-0.4, -0.2) is 33.8 Å². The molecule has 1 unspecified atom stereocenters. The van der Waals surface area contributed by atoms with Crippen LogP contribution >= 0.6 is 0 Å². The number of para-hydroxylation sites is 1. The summed E-state index contributed by atoms with van der Waals surface area (Å²) in [5, 5.41) is 11.4. The molecule has 5 rings (SSSR count). The Morgan fingerprint density at radius 3 is 2.45 bits per heavy atom. The molecular weight excluding hydrogens is 480 g/mol. The van der Waals surface area contributed by atoms with Gasteiger partial charge < -0.3 is 19.5 Å². The van der Waals surface area contributed by atoms with Gasteiger partial charge >= 0.3 is 0 Å². The highest BCUT2D eigenvalue weighted by Gasteiger charge is 2.46. The number of aliphatic hydroxyl groups is 1. The van der Waals surface area contributed by atoms with E-state index in [2.05, 4.69) is 4.98 Å². The number of carbonyl (C=O) groups excluding carboxylic acids is 2. The van der Waals surface area contributed by atoms with Gasteiger partial charge in [-0.15, -0.1) is 0 Å². The lowest BCUT2D eigenvalue weighted by molar-refractivity contribution is -0.140. The zero-order valence-electron chi connectivity index (χ0n) is 21.0. The van der Waals surface area contributed by atoms with Crippen LogP contribution in [0.2, 0.25) is 0 Å². The number of aliphatic hydroxyl groups excluding tert-OH is 1. The third kappa shape index (κ3) is 4.86. The third-order valence-corrected chi connectivity index (χ3v) is 6.44. The zero-order chi connectivity index (χ0) is 26.6. The molecule has 0 bridgehead atoms. The Labute approximate surface area is 220 Å². The molecular formula is C31H26N2O5. The maximum Gasteiger partial charge on any atom is 0.295 e. The Kier molecular flexibility index (Phi) is 6.91. The van der Waals surface area contributed by atoms with Crippen molar-refractivity contribution < 1.29 is 24.2 Å². The first-order valence-electron chi connectivity index (χ1n) is 12.1. The molecule has 7 nitrogen and oxygen atoms in total. The van der Waals surface area contributed by atoms with Crippen LogP contribution in [0.15, 0.2) is 103 Å². The van der Waals surface area contributed by atoms with Crippen LogP contribution in [0, 0.1) is 6.92 Å². The van der Waals surface area contributed by atoms with Gasteiger partial charge in [-0.1, -0.05) is 36.4 Å². The van der Waals surface area contributed by atoms with Gasteiger partial charge in [0.15, 0.2) is 0 Å². The predicted octanol–water partition coefficient (Wildman–Crippen LogP) is 5.81. The van der Waals surface area contributed by atoms with Crippen LogP contribution in [-0.2, 0) is 16.1 Å². The number of amides is 1. The third-order valence-electron chi connectivity index (χ3n) is 6.44. The molecule has 1 aliphatic rings. The van der Waals surface area contributed by atoms with Crippen LogP contribution in [0.25, 0.3) is 5.76 Å². The van der Waals surface area contributed by atoms with Gasteiger partial charge in [0.05, 0.1) is 18.7 Å². The smallest absolute Gasteiger partial charge is 0.295 e. The van der Waals surface area contributed by atoms with Gasteiger partial charge in [0.25, 0.3) is 11.7 Å². The van der Waals surface area contributed by atoms with Gasteiger partial charge in [-0.05, 0) is 72.1 Å². The summed E-state index contributed by atoms with van der Waals surface area (Å²) >= 11 is 0. The van der Waals surface area contributed by atoms with Crippen molar-refractivity contribution in [1.82, 2.24) is 9.88 Å². The lowest BCUT2D eigenvalue weighted by Crippen LogP contribution is -2.29. The fourth-order valence-electron chi connectivity index (χ4n) is 4.63. The van der Waals surface area contributed by atoms with Crippen molar-refractivity contribution >= 4 is 17.4 Å². The second kappa shape index (κ2) is 10.6. The SMILES string of the molecule is COc1ccc(/C(O)=C2/C(=O)C(=O)N(Cc3cccnc3)C2c2cccc(Oc3ccccc3)c2)cc1C. The Morgan fingerprint density at radius 1 is 0.947 bits per heavy atom. The molecule has 1 fully saturated rings. The van der Waals surface area contributed by atoms with Gasteiger partial charge in [0.1, 0.15) is 23.0 Å². The quantitative estimate of drug-likeness (QED) is 0.193. The molecule has 38 heavy (non-hydrogen) atoms. The number of pyridine rings is 1. The number of rotatable bonds is 7. The number of hydrogen-bond donors (Lipinski definition) is 1. The van der Waals surface area contributed by atoms with E-state index in [9.17, 15) is 14.7 Å². The molecule has 0 spiro atoms. The van der Waals surface area contributed by atoms with E-state index in [0.717, 1.165) is 11.1 Å². The minimum Gasteiger partial charge on any atom is -0.507 e. The van der Waals surface area contributed by atoms with Gasteiger partial charge in [0.2, 0.25) is 0 Å². The van der Waals surface area contributed by atoms with Crippen molar-refractivity contribution in [1.29, 1.82) is 0 Å². The number of methoxy groups -OCH3 is 1. The topological polar surface area (TPSA) is 89.0 Å². The van der Waals surface area contributed by atoms with E-state index >= 15 is 0 Å². The first-order valence-corrected chi connectivity index (χ1v) is 12.1. The number of carbonyl (C=O) groups is 2. The summed E-state index contributed by atoms with van der Waals surface area (Å²) in [6.45, 7) is 1.99. The van der Waals surface area contributed by atoms with Crippen LogP contribution in [0.5, 0.6) is 17.2 Å². The molecule has 1 saturated heterocycles. The summed E-state index contributed by atoms with van der Waals surface area (Å²) in [5.41, 5.74) is 2.62. The zero-order valence-corrected chi connectivity index (χ0v) is 21.0. The van der Waals surface area contributed by atoms with Gasteiger partial charge in [-0.2, -0.15) is 0 Å². The maximum atomic E-state index is 13.4. The number of likely N-dealkylation sites (tertiary alicyclic amines) is 1. The lowest BCUT2D eigenvalue weighted by atomic mass is 9.94. The van der Waals surface area contributed by atoms with E-state index in [0.29, 0.717) is 28.4 Å². The number of hydrogen-bond acceptors (Lipinski definition) is 6. The van der Waals surface area contributed by atoms with Crippen LogP contribution in [0.4, 0.5) is 0 Å². The molecule has 190 valence electrons. The number of ether oxygens (including phenoxy) is 2. The molecule has 7 heteroatoms. The van der Waals surface area contributed by atoms with E-state index in [4.69, 9.17) is 9.47 Å². The average Bonchev–Trinajstić information content (AvgIpc) is 3.19. The fraction of sp³-hybridized carbons (Fsp3) is 0.129. The van der Waals surface area contributed by atoms with Gasteiger partial charge in [-0.25, -0.2) is 0 Å². The van der Waals surface area contributed by atoms with Gasteiger partial charge in [0, 0.05) is 24.5 Å². The van der Waals surface area contributed by atoms with Gasteiger partial charge in [-0.3, -0.25) is 14.6 Å². The van der Waals surface area contributed by atoms with Crippen molar-refractivity contribution in [2.45, 2.75) is 19.5 Å². The highest BCUT2D eigenvalue weighted by atomic mass is 16.5. The van der Waals surface area contributed by atoms with E-state index in [1.807, 2.05) is 49.4 Å². The van der Waals surface area contributed by atoms with Crippen molar-refractivity contribution in [3.05, 3.63) is 125 Å². The van der Waals surface area contributed by atoms with Crippen molar-refractivity contribution in [3.8, 4) is 17.2 Å². The Morgan fingerprint density at radius 2 is 1.74 bits per heavy atom. The molecule has 0 radical (unpaired) electrons. The summed E-state index contributed by atoms with van der Waals surface area (Å²) in [4.78, 5) is 32.4. The number of aromatic nitrogens is 1. The molecule has 3 aromatic carbocycles. The normalized spacial score (nSPS) is 16.5. The minimum atomic E-state index is -0.836. The van der Waals surface area contributed by atoms with Crippen molar-refractivity contribution in [2.24, 2.45) is 0 Å². The second-order valence-corrected chi connectivity index (χ2v) is 8.96. The Hall–Kier alpha value is -4.91. The second-order valence-electron chi connectivity index (χ2n) is 8.96. The summed E-state index contributed by atoms with van der Waals surface area (Å²) in [7, 11) is 1.57. The summed E-state index contributed by atoms with van der Waals surface area (Å²) in [6.07, 6.45) is 3.30. The van der Waals surface area contributed by atoms with E-state index in [-0.39, 0.29) is 17.9 Å².